The molecular formula is C30H37N5O6. The molecule has 0 bridgehead atoms. The molecule has 0 unspecified atom stereocenters. The summed E-state index contributed by atoms with van der Waals surface area (Å²) in [6, 6.07) is 11.9. The van der Waals surface area contributed by atoms with Crippen LogP contribution in [0.5, 0.6) is 5.75 Å². The third kappa shape index (κ3) is 7.63. The van der Waals surface area contributed by atoms with E-state index in [0.29, 0.717) is 18.7 Å². The van der Waals surface area contributed by atoms with Crippen LogP contribution < -0.4 is 26.0 Å². The lowest BCUT2D eigenvalue weighted by molar-refractivity contribution is -0.131. The van der Waals surface area contributed by atoms with Crippen LogP contribution in [0.1, 0.15) is 42.6 Å². The molecule has 0 saturated carbocycles. The van der Waals surface area contributed by atoms with E-state index in [4.69, 9.17) is 4.74 Å². The lowest BCUT2D eigenvalue weighted by atomic mass is 10.0. The Bertz CT molecular complexity index is 1390. The molecule has 0 spiro atoms. The minimum atomic E-state index is -1.17. The number of aromatic nitrogens is 1. The number of rotatable bonds is 6. The summed E-state index contributed by atoms with van der Waals surface area (Å²) in [5.41, 5.74) is 2.28. The Labute approximate surface area is 238 Å². The van der Waals surface area contributed by atoms with Gasteiger partial charge in [0.15, 0.2) is 0 Å². The molecule has 218 valence electrons. The normalized spacial score (nSPS) is 20.6. The molecule has 1 aromatic heterocycles. The molecule has 2 aromatic carbocycles. The van der Waals surface area contributed by atoms with Gasteiger partial charge in [-0.2, -0.15) is 0 Å². The van der Waals surface area contributed by atoms with Crippen molar-refractivity contribution in [2.75, 3.05) is 19.8 Å². The first-order chi connectivity index (χ1) is 19.8. The number of ether oxygens (including phenoxy) is 1. The number of carbonyl (C=O) groups excluding carboxylic acids is 4. The number of carbonyl (C=O) groups is 4. The molecule has 11 nitrogen and oxygen atoms in total. The van der Waals surface area contributed by atoms with Crippen LogP contribution in [-0.2, 0) is 20.8 Å². The van der Waals surface area contributed by atoms with Gasteiger partial charge >= 0.3 is 0 Å². The van der Waals surface area contributed by atoms with Gasteiger partial charge < -0.3 is 36.1 Å². The molecule has 11 heteroatoms. The van der Waals surface area contributed by atoms with E-state index in [1.165, 1.54) is 0 Å². The first kappa shape index (κ1) is 29.6. The zero-order valence-corrected chi connectivity index (χ0v) is 23.2. The van der Waals surface area contributed by atoms with Gasteiger partial charge in [-0.05, 0) is 42.5 Å². The van der Waals surface area contributed by atoms with E-state index in [9.17, 15) is 24.3 Å². The summed E-state index contributed by atoms with van der Waals surface area (Å²) in [5.74, 6) is -1.78. The lowest BCUT2D eigenvalue weighted by Gasteiger charge is -2.25. The average Bonchev–Trinajstić information content (AvgIpc) is 3.38. The molecule has 3 aromatic rings. The number of benzene rings is 2. The Morgan fingerprint density at radius 3 is 2.59 bits per heavy atom. The highest BCUT2D eigenvalue weighted by Gasteiger charge is 2.28. The van der Waals surface area contributed by atoms with E-state index >= 15 is 0 Å². The number of aliphatic hydroxyl groups is 1. The van der Waals surface area contributed by atoms with Crippen molar-refractivity contribution in [3.05, 3.63) is 65.9 Å². The van der Waals surface area contributed by atoms with Crippen molar-refractivity contribution in [2.24, 2.45) is 5.92 Å². The van der Waals surface area contributed by atoms with Crippen molar-refractivity contribution < 1.29 is 29.0 Å². The van der Waals surface area contributed by atoms with Gasteiger partial charge in [0.05, 0.1) is 18.2 Å². The van der Waals surface area contributed by atoms with E-state index in [0.717, 1.165) is 16.5 Å². The van der Waals surface area contributed by atoms with E-state index in [2.05, 4.69) is 26.3 Å². The fraction of sp³-hybridized carbons (Fsp3) is 0.400. The monoisotopic (exact) mass is 563 g/mol. The van der Waals surface area contributed by atoms with Crippen LogP contribution in [0.15, 0.2) is 54.7 Å². The zero-order chi connectivity index (χ0) is 29.4. The van der Waals surface area contributed by atoms with Crippen LogP contribution in [-0.4, -0.2) is 71.6 Å². The molecular weight excluding hydrogens is 526 g/mol. The Kier molecular flexibility index (Phi) is 9.96. The number of para-hydroxylation sites is 2. The molecule has 0 aliphatic carbocycles. The van der Waals surface area contributed by atoms with Crippen LogP contribution >= 0.6 is 0 Å². The largest absolute Gasteiger partial charge is 0.491 e. The van der Waals surface area contributed by atoms with Crippen molar-refractivity contribution in [3.8, 4) is 5.75 Å². The number of hydrogen-bond acceptors (Lipinski definition) is 6. The number of hydrogen-bond donors (Lipinski definition) is 6. The van der Waals surface area contributed by atoms with Crippen molar-refractivity contribution >= 4 is 34.5 Å². The summed E-state index contributed by atoms with van der Waals surface area (Å²) in [5, 5.41) is 21.8. The second-order valence-corrected chi connectivity index (χ2v) is 10.4. The molecule has 0 fully saturated rings. The standard InChI is InChI=1S/C30H37N5O6/c1-18(2)25-17-41-26-10-6-4-8-21(26)28(38)34-23(11-12-27(37)33-24(16-36)30(40)35-25)29(39)31-14-13-19-15-32-22-9-5-3-7-20(19)22/h3-10,15,18,23-25,32,36H,11-14,16-17H2,1-2H3,(H,31,39)(H,33,37)(H,34,38)(H,35,40)/t23-,24-,25-/m0/s1. The molecule has 4 rings (SSSR count). The summed E-state index contributed by atoms with van der Waals surface area (Å²) in [6.07, 6.45) is 2.30. The zero-order valence-electron chi connectivity index (χ0n) is 23.2. The Morgan fingerprint density at radius 1 is 1.05 bits per heavy atom. The Morgan fingerprint density at radius 2 is 1.80 bits per heavy atom. The van der Waals surface area contributed by atoms with Crippen molar-refractivity contribution in [2.45, 2.75) is 51.2 Å². The second-order valence-electron chi connectivity index (χ2n) is 10.4. The van der Waals surface area contributed by atoms with Gasteiger partial charge in [0.2, 0.25) is 17.7 Å². The fourth-order valence-corrected chi connectivity index (χ4v) is 4.67. The molecule has 2 heterocycles. The molecule has 0 saturated heterocycles. The highest BCUT2D eigenvalue weighted by molar-refractivity contribution is 6.00. The maximum Gasteiger partial charge on any atom is 0.255 e. The highest BCUT2D eigenvalue weighted by atomic mass is 16.5. The average molecular weight is 564 g/mol. The minimum Gasteiger partial charge on any atom is -0.491 e. The lowest BCUT2D eigenvalue weighted by Crippen LogP contribution is -2.54. The van der Waals surface area contributed by atoms with Gasteiger partial charge in [0.25, 0.3) is 5.91 Å². The Hall–Kier alpha value is -4.38. The van der Waals surface area contributed by atoms with Crippen LogP contribution in [0.3, 0.4) is 0 Å². The SMILES string of the molecule is CC(C)[C@@H]1COc2ccccc2C(=O)N[C@H](C(=O)NCCc2c[nH]c3ccccc23)CCC(=O)N[C@@H](CO)C(=O)N1. The van der Waals surface area contributed by atoms with Crippen LogP contribution in [0.2, 0.25) is 0 Å². The van der Waals surface area contributed by atoms with Crippen molar-refractivity contribution in [1.29, 1.82) is 0 Å². The highest BCUT2D eigenvalue weighted by Crippen LogP contribution is 2.20. The number of aliphatic hydroxyl groups excluding tert-OH is 1. The summed E-state index contributed by atoms with van der Waals surface area (Å²) in [4.78, 5) is 55.3. The second kappa shape index (κ2) is 13.8. The predicted molar refractivity (Wildman–Crippen MR) is 153 cm³/mol. The van der Waals surface area contributed by atoms with E-state index < -0.39 is 48.4 Å². The molecule has 1 aliphatic heterocycles. The number of H-pyrrole nitrogens is 1. The van der Waals surface area contributed by atoms with Crippen molar-refractivity contribution in [3.63, 3.8) is 0 Å². The molecule has 0 radical (unpaired) electrons. The first-order valence-electron chi connectivity index (χ1n) is 13.8. The maximum absolute atomic E-state index is 13.3. The van der Waals surface area contributed by atoms with Crippen LogP contribution in [0.25, 0.3) is 10.9 Å². The fourth-order valence-electron chi connectivity index (χ4n) is 4.67. The quantitative estimate of drug-likeness (QED) is 0.266. The molecule has 41 heavy (non-hydrogen) atoms. The van der Waals surface area contributed by atoms with Crippen LogP contribution in [0.4, 0.5) is 0 Å². The van der Waals surface area contributed by atoms with Crippen molar-refractivity contribution in [1.82, 2.24) is 26.3 Å². The van der Waals surface area contributed by atoms with E-state index in [-0.39, 0.29) is 30.9 Å². The van der Waals surface area contributed by atoms with Gasteiger partial charge in [-0.1, -0.05) is 44.2 Å². The number of aromatic amines is 1. The van der Waals surface area contributed by atoms with Gasteiger partial charge in [-0.25, -0.2) is 0 Å². The Balaban J connectivity index is 1.52. The van der Waals surface area contributed by atoms with Crippen LogP contribution in [0, 0.1) is 5.92 Å². The van der Waals surface area contributed by atoms with Gasteiger partial charge in [0, 0.05) is 30.1 Å². The first-order valence-corrected chi connectivity index (χ1v) is 13.8. The number of fused-ring (bicyclic) bond motifs is 2. The molecule has 4 amide bonds. The molecule has 6 N–H and O–H groups in total. The third-order valence-electron chi connectivity index (χ3n) is 7.17. The molecule has 1 aliphatic rings. The number of nitrogens with one attached hydrogen (secondary N) is 5. The maximum atomic E-state index is 13.3. The van der Waals surface area contributed by atoms with Gasteiger partial charge in [-0.3, -0.25) is 19.2 Å². The number of amides is 4. The summed E-state index contributed by atoms with van der Waals surface area (Å²) in [6.45, 7) is 3.57. The predicted octanol–water partition coefficient (Wildman–Crippen LogP) is 1.42. The van der Waals surface area contributed by atoms with E-state index in [1.54, 1.807) is 24.3 Å². The summed E-state index contributed by atoms with van der Waals surface area (Å²) >= 11 is 0. The summed E-state index contributed by atoms with van der Waals surface area (Å²) in [7, 11) is 0. The van der Waals surface area contributed by atoms with Gasteiger partial charge in [0.1, 0.15) is 24.4 Å². The molecule has 3 atom stereocenters. The smallest absolute Gasteiger partial charge is 0.255 e. The minimum absolute atomic E-state index is 0.0199. The topological polar surface area (TPSA) is 162 Å². The van der Waals surface area contributed by atoms with Gasteiger partial charge in [-0.15, -0.1) is 0 Å². The third-order valence-corrected chi connectivity index (χ3v) is 7.17. The van der Waals surface area contributed by atoms with E-state index in [1.807, 2.05) is 44.3 Å². The summed E-state index contributed by atoms with van der Waals surface area (Å²) < 4.78 is 5.95.